The van der Waals surface area contributed by atoms with Gasteiger partial charge in [0.1, 0.15) is 5.75 Å². The molecule has 0 radical (unpaired) electrons. The van der Waals surface area contributed by atoms with Crippen LogP contribution in [-0.4, -0.2) is 20.5 Å². The molecule has 0 saturated carbocycles. The van der Waals surface area contributed by atoms with Crippen molar-refractivity contribution in [3.05, 3.63) is 81.9 Å². The molecule has 0 aromatic heterocycles. The second-order valence-electron chi connectivity index (χ2n) is 5.07. The molecule has 2 N–H and O–H groups in total. The smallest absolute Gasteiger partial charge is 0.404 e. The summed E-state index contributed by atoms with van der Waals surface area (Å²) in [5.74, 6) is -0.320. The van der Waals surface area contributed by atoms with E-state index in [1.807, 2.05) is 0 Å². The fourth-order valence-corrected chi connectivity index (χ4v) is 2.33. The van der Waals surface area contributed by atoms with E-state index in [-0.39, 0.29) is 17.2 Å². The minimum Gasteiger partial charge on any atom is -0.404 e. The Balaban J connectivity index is 1.99. The molecule has 8 nitrogen and oxygen atoms in total. The first-order valence-electron chi connectivity index (χ1n) is 7.23. The highest BCUT2D eigenvalue weighted by Crippen LogP contribution is 2.37. The molecule has 0 bridgehead atoms. The number of nitro benzene ring substituents is 1. The summed E-state index contributed by atoms with van der Waals surface area (Å²) < 4.78 is 15.1. The van der Waals surface area contributed by atoms with Crippen LogP contribution in [0.3, 0.4) is 0 Å². The highest BCUT2D eigenvalue weighted by molar-refractivity contribution is 7.46. The first-order valence-corrected chi connectivity index (χ1v) is 8.76. The van der Waals surface area contributed by atoms with Crippen LogP contribution in [0.25, 0.3) is 12.2 Å². The van der Waals surface area contributed by atoms with Crippen molar-refractivity contribution in [3.8, 4) is 5.75 Å². The lowest BCUT2D eigenvalue weighted by Crippen LogP contribution is -1.90. The second-order valence-corrected chi connectivity index (χ2v) is 6.24. The molecule has 0 saturated heterocycles. The maximum atomic E-state index is 11.8. The molecule has 0 spiro atoms. The van der Waals surface area contributed by atoms with Crippen LogP contribution in [0, 0.1) is 10.1 Å². The molecule has 0 unspecified atom stereocenters. The Kier molecular flexibility index (Phi) is 6.19. The van der Waals surface area contributed by atoms with E-state index in [1.165, 1.54) is 66.8 Å². The van der Waals surface area contributed by atoms with Crippen LogP contribution in [0.1, 0.15) is 11.1 Å². The molecular weight excluding hydrogens is 361 g/mol. The van der Waals surface area contributed by atoms with Crippen LogP contribution in [0.4, 0.5) is 5.69 Å². The molecule has 2 aromatic rings. The van der Waals surface area contributed by atoms with Gasteiger partial charge in [-0.25, -0.2) is 4.57 Å². The van der Waals surface area contributed by atoms with Crippen LogP contribution in [-0.2, 0) is 9.36 Å². The Hall–Kier alpha value is -3.06. The average Bonchev–Trinajstić information content (AvgIpc) is 2.58. The highest BCUT2D eigenvalue weighted by atomic mass is 31.2. The number of allylic oxidation sites excluding steroid dienone is 2. The number of hydrogen-bond acceptors (Lipinski definition) is 5. The molecule has 2 rings (SSSR count). The van der Waals surface area contributed by atoms with Gasteiger partial charge in [-0.3, -0.25) is 24.7 Å². The number of nitro groups is 1. The fourth-order valence-electron chi connectivity index (χ4n) is 1.93. The Labute approximate surface area is 148 Å². The Morgan fingerprint density at radius 3 is 2.23 bits per heavy atom. The van der Waals surface area contributed by atoms with Crippen molar-refractivity contribution in [2.24, 2.45) is 0 Å². The number of benzene rings is 2. The van der Waals surface area contributed by atoms with Crippen molar-refractivity contribution in [1.29, 1.82) is 0 Å². The number of carbonyl (C=O) groups is 1. The minimum absolute atomic E-state index is 0.00683. The predicted octanol–water partition coefficient (Wildman–Crippen LogP) is 3.36. The molecule has 0 aliphatic carbocycles. The average molecular weight is 375 g/mol. The molecule has 0 amide bonds. The van der Waals surface area contributed by atoms with Crippen molar-refractivity contribution in [1.82, 2.24) is 0 Å². The first-order chi connectivity index (χ1) is 12.2. The number of non-ortho nitro benzene ring substituents is 1. The largest absolute Gasteiger partial charge is 0.524 e. The van der Waals surface area contributed by atoms with Crippen LogP contribution < -0.4 is 4.52 Å². The van der Waals surface area contributed by atoms with E-state index < -0.39 is 12.7 Å². The fraction of sp³-hybridized carbons (Fsp3) is 0. The number of ketones is 1. The van der Waals surface area contributed by atoms with Crippen LogP contribution in [0.2, 0.25) is 0 Å². The summed E-state index contributed by atoms with van der Waals surface area (Å²) in [4.78, 5) is 39.4. The van der Waals surface area contributed by atoms with E-state index in [1.54, 1.807) is 6.07 Å². The monoisotopic (exact) mass is 375 g/mol. The van der Waals surface area contributed by atoms with Crippen LogP contribution in [0.15, 0.2) is 60.7 Å². The predicted molar refractivity (Wildman–Crippen MR) is 95.3 cm³/mol. The van der Waals surface area contributed by atoms with Gasteiger partial charge in [0.25, 0.3) is 5.69 Å². The number of carbonyl (C=O) groups excluding carboxylic acids is 1. The quantitative estimate of drug-likeness (QED) is 0.329. The molecule has 0 aliphatic rings. The van der Waals surface area contributed by atoms with Gasteiger partial charge in [0, 0.05) is 12.1 Å². The van der Waals surface area contributed by atoms with E-state index in [2.05, 4.69) is 4.52 Å². The zero-order valence-corrected chi connectivity index (χ0v) is 14.2. The van der Waals surface area contributed by atoms with E-state index in [9.17, 15) is 19.5 Å². The van der Waals surface area contributed by atoms with Crippen molar-refractivity contribution in [3.63, 3.8) is 0 Å². The molecule has 26 heavy (non-hydrogen) atoms. The third kappa shape index (κ3) is 6.45. The molecule has 0 fully saturated rings. The van der Waals surface area contributed by atoms with Crippen molar-refractivity contribution < 1.29 is 28.6 Å². The zero-order chi connectivity index (χ0) is 19.2. The van der Waals surface area contributed by atoms with Crippen LogP contribution in [0.5, 0.6) is 5.75 Å². The van der Waals surface area contributed by atoms with Gasteiger partial charge in [-0.15, -0.1) is 0 Å². The summed E-state index contributed by atoms with van der Waals surface area (Å²) in [6.45, 7) is 0. The molecule has 0 atom stereocenters. The number of rotatable bonds is 7. The lowest BCUT2D eigenvalue weighted by Gasteiger charge is -2.06. The van der Waals surface area contributed by atoms with Gasteiger partial charge in [0.15, 0.2) is 5.78 Å². The molecule has 0 aliphatic heterocycles. The topological polar surface area (TPSA) is 127 Å². The number of phosphoric acid groups is 1. The van der Waals surface area contributed by atoms with Gasteiger partial charge in [0.2, 0.25) is 0 Å². The highest BCUT2D eigenvalue weighted by Gasteiger charge is 2.15. The van der Waals surface area contributed by atoms with Crippen molar-refractivity contribution in [2.75, 3.05) is 0 Å². The van der Waals surface area contributed by atoms with Crippen molar-refractivity contribution in [2.45, 2.75) is 0 Å². The van der Waals surface area contributed by atoms with E-state index in [0.717, 1.165) is 0 Å². The number of phosphoric ester groups is 1. The van der Waals surface area contributed by atoms with Crippen LogP contribution >= 0.6 is 7.82 Å². The SMILES string of the molecule is O=C(/C=C/c1ccc(OP(=O)(O)O)cc1)/C=C/c1cccc([N+](=O)[O-])c1. The van der Waals surface area contributed by atoms with E-state index in [4.69, 9.17) is 9.79 Å². The first kappa shape index (κ1) is 19.3. The number of hydrogen-bond donors (Lipinski definition) is 2. The third-order valence-corrected chi connectivity index (χ3v) is 3.51. The minimum atomic E-state index is -4.61. The lowest BCUT2D eigenvalue weighted by atomic mass is 10.1. The van der Waals surface area contributed by atoms with Gasteiger partial charge in [0.05, 0.1) is 4.92 Å². The van der Waals surface area contributed by atoms with Gasteiger partial charge in [-0.1, -0.05) is 36.4 Å². The van der Waals surface area contributed by atoms with Gasteiger partial charge < -0.3 is 4.52 Å². The maximum Gasteiger partial charge on any atom is 0.524 e. The van der Waals surface area contributed by atoms with E-state index in [0.29, 0.717) is 11.1 Å². The maximum absolute atomic E-state index is 11.8. The normalized spacial score (nSPS) is 11.8. The Morgan fingerprint density at radius 1 is 1.04 bits per heavy atom. The van der Waals surface area contributed by atoms with Gasteiger partial charge >= 0.3 is 7.82 Å². The summed E-state index contributed by atoms with van der Waals surface area (Å²) in [5.41, 5.74) is 1.09. The molecule has 0 heterocycles. The second kappa shape index (κ2) is 8.35. The summed E-state index contributed by atoms with van der Waals surface area (Å²) in [6, 6.07) is 11.7. The lowest BCUT2D eigenvalue weighted by molar-refractivity contribution is -0.384. The zero-order valence-electron chi connectivity index (χ0n) is 13.3. The molecule has 2 aromatic carbocycles. The molecule has 9 heteroatoms. The Bertz CT molecular complexity index is 913. The molecular formula is C17H14NO7P. The van der Waals surface area contributed by atoms with E-state index >= 15 is 0 Å². The van der Waals surface area contributed by atoms with Crippen molar-refractivity contribution >= 4 is 31.4 Å². The number of nitrogens with zero attached hydrogens (tertiary/aromatic N) is 1. The third-order valence-electron chi connectivity index (χ3n) is 3.07. The molecule has 134 valence electrons. The van der Waals surface area contributed by atoms with Gasteiger partial charge in [-0.05, 0) is 35.4 Å². The summed E-state index contributed by atoms with van der Waals surface area (Å²) >= 11 is 0. The summed E-state index contributed by atoms with van der Waals surface area (Å²) in [6.07, 6.45) is 5.56. The van der Waals surface area contributed by atoms with Gasteiger partial charge in [-0.2, -0.15) is 0 Å². The Morgan fingerprint density at radius 2 is 1.65 bits per heavy atom. The standard InChI is InChI=1S/C17H14NO7P/c19-16(9-5-14-2-1-3-15(12-14)18(20)21)8-4-13-6-10-17(11-7-13)25-26(22,23)24/h1-12H,(H2,22,23,24)/b8-4+,9-5+. The summed E-state index contributed by atoms with van der Waals surface area (Å²) in [5, 5.41) is 10.7. The summed E-state index contributed by atoms with van der Waals surface area (Å²) in [7, 11) is -4.61.